The Kier molecular flexibility index (Phi) is 3.17. The molecule has 1 spiro atoms. The van der Waals surface area contributed by atoms with E-state index < -0.39 is 0 Å². The topological polar surface area (TPSA) is 18.5 Å². The van der Waals surface area contributed by atoms with Gasteiger partial charge in [-0.25, -0.2) is 0 Å². The molecule has 91 valence electrons. The number of halogens is 1. The van der Waals surface area contributed by atoms with Crippen LogP contribution >= 0.6 is 22.6 Å². The van der Waals surface area contributed by atoms with Crippen molar-refractivity contribution in [3.63, 3.8) is 0 Å². The van der Waals surface area contributed by atoms with Crippen LogP contribution < -0.4 is 0 Å². The lowest BCUT2D eigenvalue weighted by Gasteiger charge is -2.22. The minimum absolute atomic E-state index is 0.0128. The highest BCUT2D eigenvalue weighted by molar-refractivity contribution is 14.1. The Balaban J connectivity index is 1.87. The fourth-order valence-corrected chi connectivity index (χ4v) is 3.49. The SMILES string of the molecule is [CH2][C@@H]1OC2(CCCC2)O[C@H]1c1ccccc1I. The van der Waals surface area contributed by atoms with Gasteiger partial charge in [0.05, 0.1) is 6.10 Å². The van der Waals surface area contributed by atoms with Crippen molar-refractivity contribution in [1.29, 1.82) is 0 Å². The Labute approximate surface area is 116 Å². The van der Waals surface area contributed by atoms with Crippen molar-refractivity contribution >= 4 is 22.6 Å². The maximum absolute atomic E-state index is 6.20. The number of benzene rings is 1. The normalized spacial score (nSPS) is 31.2. The summed E-state index contributed by atoms with van der Waals surface area (Å²) < 4.78 is 13.4. The van der Waals surface area contributed by atoms with Crippen molar-refractivity contribution in [2.75, 3.05) is 0 Å². The zero-order valence-electron chi connectivity index (χ0n) is 9.69. The zero-order chi connectivity index (χ0) is 11.9. The molecule has 17 heavy (non-hydrogen) atoms. The predicted molar refractivity (Wildman–Crippen MR) is 74.4 cm³/mol. The summed E-state index contributed by atoms with van der Waals surface area (Å²) in [4.78, 5) is 0. The van der Waals surface area contributed by atoms with Crippen LogP contribution in [0.1, 0.15) is 37.4 Å². The molecule has 0 aromatic heterocycles. The maximum atomic E-state index is 6.20. The van der Waals surface area contributed by atoms with Crippen molar-refractivity contribution < 1.29 is 9.47 Å². The van der Waals surface area contributed by atoms with E-state index in [2.05, 4.69) is 41.6 Å². The van der Waals surface area contributed by atoms with E-state index in [-0.39, 0.29) is 18.0 Å². The standard InChI is InChI=1S/C14H16IO2/c1-10-13(11-6-2-3-7-12(11)15)17-14(16-10)8-4-5-9-14/h2-3,6-7,10,13H,1,4-5,8-9H2/t10-,13+/m0/s1. The lowest BCUT2D eigenvalue weighted by molar-refractivity contribution is -0.167. The van der Waals surface area contributed by atoms with Crippen LogP contribution in [0.25, 0.3) is 0 Å². The van der Waals surface area contributed by atoms with Gasteiger partial charge in [-0.15, -0.1) is 0 Å². The van der Waals surface area contributed by atoms with Crippen LogP contribution in [0.15, 0.2) is 24.3 Å². The van der Waals surface area contributed by atoms with Crippen LogP contribution in [0.5, 0.6) is 0 Å². The highest BCUT2D eigenvalue weighted by atomic mass is 127. The maximum Gasteiger partial charge on any atom is 0.169 e. The lowest BCUT2D eigenvalue weighted by Crippen LogP contribution is -2.26. The van der Waals surface area contributed by atoms with Crippen LogP contribution in [-0.4, -0.2) is 11.9 Å². The quantitative estimate of drug-likeness (QED) is 0.721. The highest BCUT2D eigenvalue weighted by Crippen LogP contribution is 2.47. The molecule has 3 rings (SSSR count). The van der Waals surface area contributed by atoms with Crippen LogP contribution in [0.2, 0.25) is 0 Å². The van der Waals surface area contributed by atoms with Gasteiger partial charge in [0.1, 0.15) is 6.10 Å². The zero-order valence-corrected chi connectivity index (χ0v) is 11.9. The fraction of sp³-hybridized carbons (Fsp3) is 0.500. The Morgan fingerprint density at radius 3 is 2.59 bits per heavy atom. The van der Waals surface area contributed by atoms with Gasteiger partial charge in [0.2, 0.25) is 0 Å². The van der Waals surface area contributed by atoms with Crippen molar-refractivity contribution in [2.45, 2.75) is 43.7 Å². The fourth-order valence-electron chi connectivity index (χ4n) is 2.79. The molecule has 1 aromatic rings. The molecule has 2 fully saturated rings. The summed E-state index contributed by atoms with van der Waals surface area (Å²) >= 11 is 2.35. The van der Waals surface area contributed by atoms with Crippen molar-refractivity contribution in [2.24, 2.45) is 0 Å². The molecule has 3 heteroatoms. The molecule has 2 nitrogen and oxygen atoms in total. The largest absolute Gasteiger partial charge is 0.344 e. The molecule has 0 unspecified atom stereocenters. The average Bonchev–Trinajstić information content (AvgIpc) is 2.88. The molecule has 1 saturated carbocycles. The van der Waals surface area contributed by atoms with Crippen LogP contribution in [-0.2, 0) is 9.47 Å². The molecule has 1 radical (unpaired) electrons. The first-order valence-corrected chi connectivity index (χ1v) is 7.21. The third kappa shape index (κ3) is 2.13. The van der Waals surface area contributed by atoms with E-state index >= 15 is 0 Å². The molecular formula is C14H16IO2. The summed E-state index contributed by atoms with van der Waals surface area (Å²) in [5, 5.41) is 0. The molecule has 0 amide bonds. The second-order valence-electron chi connectivity index (χ2n) is 4.83. The second-order valence-corrected chi connectivity index (χ2v) is 6.00. The first-order valence-electron chi connectivity index (χ1n) is 6.13. The van der Waals surface area contributed by atoms with E-state index in [0.717, 1.165) is 12.8 Å². The predicted octanol–water partition coefficient (Wildman–Crippen LogP) is 3.85. The Bertz CT molecular complexity index is 412. The summed E-state index contributed by atoms with van der Waals surface area (Å²) in [6, 6.07) is 8.31. The molecule has 1 aliphatic carbocycles. The minimum Gasteiger partial charge on any atom is -0.344 e. The first kappa shape index (κ1) is 11.9. The smallest absolute Gasteiger partial charge is 0.169 e. The third-order valence-corrected chi connectivity index (χ3v) is 4.61. The van der Waals surface area contributed by atoms with Gasteiger partial charge < -0.3 is 9.47 Å². The van der Waals surface area contributed by atoms with Crippen LogP contribution in [0.4, 0.5) is 0 Å². The van der Waals surface area contributed by atoms with E-state index in [1.54, 1.807) is 0 Å². The van der Waals surface area contributed by atoms with Crippen LogP contribution in [0.3, 0.4) is 0 Å². The number of hydrogen-bond donors (Lipinski definition) is 0. The number of ether oxygens (including phenoxy) is 2. The minimum atomic E-state index is -0.337. The van der Waals surface area contributed by atoms with E-state index in [0.29, 0.717) is 0 Å². The average molecular weight is 343 g/mol. The Hall–Kier alpha value is -0.130. The molecule has 1 heterocycles. The highest BCUT2D eigenvalue weighted by Gasteiger charge is 2.48. The monoisotopic (exact) mass is 343 g/mol. The molecule has 2 atom stereocenters. The summed E-state index contributed by atoms with van der Waals surface area (Å²) in [5.41, 5.74) is 1.21. The lowest BCUT2D eigenvalue weighted by atomic mass is 10.1. The second kappa shape index (κ2) is 4.52. The van der Waals surface area contributed by atoms with Crippen molar-refractivity contribution in [3.8, 4) is 0 Å². The third-order valence-electron chi connectivity index (χ3n) is 3.62. The summed E-state index contributed by atoms with van der Waals surface area (Å²) in [6.07, 6.45) is 4.32. The molecule has 2 aliphatic rings. The van der Waals surface area contributed by atoms with E-state index in [4.69, 9.17) is 9.47 Å². The Morgan fingerprint density at radius 1 is 1.18 bits per heavy atom. The molecule has 1 aromatic carbocycles. The molecule has 1 saturated heterocycles. The molecule has 1 aliphatic heterocycles. The van der Waals surface area contributed by atoms with Gasteiger partial charge in [-0.05, 0) is 54.0 Å². The summed E-state index contributed by atoms with van der Waals surface area (Å²) in [7, 11) is 0. The van der Waals surface area contributed by atoms with Gasteiger partial charge in [0, 0.05) is 16.4 Å². The number of hydrogen-bond acceptors (Lipinski definition) is 2. The molecule has 0 bridgehead atoms. The number of rotatable bonds is 1. The van der Waals surface area contributed by atoms with Gasteiger partial charge >= 0.3 is 0 Å². The molecular weight excluding hydrogens is 327 g/mol. The summed E-state index contributed by atoms with van der Waals surface area (Å²) in [6.45, 7) is 4.10. The van der Waals surface area contributed by atoms with Gasteiger partial charge in [-0.1, -0.05) is 18.2 Å². The van der Waals surface area contributed by atoms with E-state index in [1.165, 1.54) is 22.0 Å². The van der Waals surface area contributed by atoms with Gasteiger partial charge in [-0.3, -0.25) is 0 Å². The van der Waals surface area contributed by atoms with Gasteiger partial charge in [0.25, 0.3) is 0 Å². The van der Waals surface area contributed by atoms with Gasteiger partial charge in [-0.2, -0.15) is 0 Å². The Morgan fingerprint density at radius 2 is 1.88 bits per heavy atom. The van der Waals surface area contributed by atoms with Crippen molar-refractivity contribution in [3.05, 3.63) is 40.3 Å². The van der Waals surface area contributed by atoms with E-state index in [1.807, 2.05) is 12.1 Å². The van der Waals surface area contributed by atoms with Gasteiger partial charge in [0.15, 0.2) is 5.79 Å². The molecule has 0 N–H and O–H groups in total. The van der Waals surface area contributed by atoms with E-state index in [9.17, 15) is 0 Å². The van der Waals surface area contributed by atoms with Crippen molar-refractivity contribution in [1.82, 2.24) is 0 Å². The van der Waals surface area contributed by atoms with Crippen LogP contribution in [0, 0.1) is 10.5 Å². The first-order chi connectivity index (χ1) is 8.20. The summed E-state index contributed by atoms with van der Waals surface area (Å²) in [5.74, 6) is -0.337.